The minimum atomic E-state index is -0.631. The summed E-state index contributed by atoms with van der Waals surface area (Å²) in [4.78, 5) is 37.9. The average molecular weight is 435 g/mol. The maximum atomic E-state index is 13.0. The van der Waals surface area contributed by atoms with Gasteiger partial charge in [-0.1, -0.05) is 35.3 Å². The molecule has 0 unspecified atom stereocenters. The van der Waals surface area contributed by atoms with Crippen molar-refractivity contribution in [2.45, 2.75) is 0 Å². The summed E-state index contributed by atoms with van der Waals surface area (Å²) in [7, 11) is 1.28. The molecule has 0 atom stereocenters. The molecule has 2 aromatic carbocycles. The van der Waals surface area contributed by atoms with Gasteiger partial charge in [-0.05, 0) is 54.2 Å². The summed E-state index contributed by atoms with van der Waals surface area (Å²) < 4.78 is 4.64. The Morgan fingerprint density at radius 1 is 1.14 bits per heavy atom. The Hall–Kier alpha value is -2.74. The van der Waals surface area contributed by atoms with Crippen LogP contribution in [0.3, 0.4) is 0 Å². The van der Waals surface area contributed by atoms with Crippen LogP contribution in [0.25, 0.3) is 6.08 Å². The Balaban J connectivity index is 1.97. The normalized spacial score (nSPS) is 15.6. The van der Waals surface area contributed by atoms with E-state index < -0.39 is 17.8 Å². The lowest BCUT2D eigenvalue weighted by atomic mass is 10.1. The van der Waals surface area contributed by atoms with Gasteiger partial charge in [-0.3, -0.25) is 19.8 Å². The summed E-state index contributed by atoms with van der Waals surface area (Å²) in [5.74, 6) is -1.75. The Kier molecular flexibility index (Phi) is 5.79. The molecule has 1 N–H and O–H groups in total. The van der Waals surface area contributed by atoms with Crippen molar-refractivity contribution in [2.24, 2.45) is 0 Å². The van der Waals surface area contributed by atoms with Crippen molar-refractivity contribution in [3.8, 4) is 0 Å². The standard InChI is InChI=1S/C19H12Cl2N2O4S/c1-27-18(26)11-4-2-10(3-5-11)8-13-16(24)22-19(28)23(17(13)25)15-7-6-12(20)9-14(15)21/h2-9H,1H3,(H,22,24,28)/b13-8-. The molecule has 0 aromatic heterocycles. The van der Waals surface area contributed by atoms with E-state index in [9.17, 15) is 14.4 Å². The van der Waals surface area contributed by atoms with E-state index in [1.807, 2.05) is 0 Å². The predicted molar refractivity (Wildman–Crippen MR) is 110 cm³/mol. The molecule has 1 fully saturated rings. The highest BCUT2D eigenvalue weighted by molar-refractivity contribution is 7.80. The number of nitrogens with zero attached hydrogens (tertiary/aromatic N) is 1. The van der Waals surface area contributed by atoms with Crippen molar-refractivity contribution >= 4 is 70.1 Å². The van der Waals surface area contributed by atoms with Gasteiger partial charge in [0, 0.05) is 5.02 Å². The van der Waals surface area contributed by atoms with Gasteiger partial charge < -0.3 is 4.74 Å². The van der Waals surface area contributed by atoms with Crippen LogP contribution in [0.2, 0.25) is 10.0 Å². The number of benzene rings is 2. The van der Waals surface area contributed by atoms with Crippen molar-refractivity contribution < 1.29 is 19.1 Å². The van der Waals surface area contributed by atoms with E-state index in [0.717, 1.165) is 4.90 Å². The Morgan fingerprint density at radius 3 is 2.43 bits per heavy atom. The second kappa shape index (κ2) is 8.10. The summed E-state index contributed by atoms with van der Waals surface area (Å²) in [6.45, 7) is 0. The predicted octanol–water partition coefficient (Wildman–Crippen LogP) is 3.61. The number of thiocarbonyl (C=S) groups is 1. The molecule has 0 spiro atoms. The van der Waals surface area contributed by atoms with Crippen molar-refractivity contribution in [3.63, 3.8) is 0 Å². The number of carbonyl (C=O) groups excluding carboxylic acids is 3. The number of methoxy groups -OCH3 is 1. The molecule has 1 aliphatic rings. The maximum Gasteiger partial charge on any atom is 0.337 e. The van der Waals surface area contributed by atoms with Gasteiger partial charge in [0.15, 0.2) is 5.11 Å². The number of hydrogen-bond acceptors (Lipinski definition) is 5. The van der Waals surface area contributed by atoms with E-state index in [2.05, 4.69) is 10.1 Å². The summed E-state index contributed by atoms with van der Waals surface area (Å²) in [5, 5.41) is 2.99. The lowest BCUT2D eigenvalue weighted by Crippen LogP contribution is -2.54. The molecule has 9 heteroatoms. The zero-order chi connectivity index (χ0) is 20.4. The maximum absolute atomic E-state index is 13.0. The fourth-order valence-corrected chi connectivity index (χ4v) is 3.31. The number of anilines is 1. The fraction of sp³-hybridized carbons (Fsp3) is 0.0526. The van der Waals surface area contributed by atoms with Crippen LogP contribution >= 0.6 is 35.4 Å². The first-order chi connectivity index (χ1) is 13.3. The molecule has 1 aliphatic heterocycles. The summed E-state index contributed by atoms with van der Waals surface area (Å²) in [6.07, 6.45) is 1.40. The Labute approximate surface area is 175 Å². The summed E-state index contributed by atoms with van der Waals surface area (Å²) in [6, 6.07) is 10.8. The molecule has 0 aliphatic carbocycles. The highest BCUT2D eigenvalue weighted by atomic mass is 35.5. The second-order valence-corrected chi connectivity index (χ2v) is 6.90. The Bertz CT molecular complexity index is 1030. The van der Waals surface area contributed by atoms with Crippen LogP contribution in [0, 0.1) is 0 Å². The van der Waals surface area contributed by atoms with Crippen molar-refractivity contribution in [1.82, 2.24) is 5.32 Å². The summed E-state index contributed by atoms with van der Waals surface area (Å²) >= 11 is 17.2. The van der Waals surface area contributed by atoms with Crippen molar-refractivity contribution in [1.29, 1.82) is 0 Å². The SMILES string of the molecule is COC(=O)c1ccc(/C=C2/C(=O)NC(=S)N(c3ccc(Cl)cc3Cl)C2=O)cc1. The first kappa shape index (κ1) is 20.0. The van der Waals surface area contributed by atoms with Crippen LogP contribution in [0.15, 0.2) is 48.0 Å². The van der Waals surface area contributed by atoms with Gasteiger partial charge in [0.05, 0.1) is 23.4 Å². The largest absolute Gasteiger partial charge is 0.465 e. The lowest BCUT2D eigenvalue weighted by molar-refractivity contribution is -0.122. The molecule has 1 saturated heterocycles. The minimum Gasteiger partial charge on any atom is -0.465 e. The van der Waals surface area contributed by atoms with Gasteiger partial charge in [-0.25, -0.2) is 4.79 Å². The highest BCUT2D eigenvalue weighted by Crippen LogP contribution is 2.31. The van der Waals surface area contributed by atoms with E-state index in [-0.39, 0.29) is 15.7 Å². The first-order valence-corrected chi connectivity index (χ1v) is 9.03. The quantitative estimate of drug-likeness (QED) is 0.345. The molecule has 3 rings (SSSR count). The molecular formula is C19H12Cl2N2O4S. The fourth-order valence-electron chi connectivity index (χ4n) is 2.54. The number of nitrogens with one attached hydrogen (secondary N) is 1. The number of esters is 1. The summed E-state index contributed by atoms with van der Waals surface area (Å²) in [5.41, 5.74) is 1.05. The zero-order valence-corrected chi connectivity index (χ0v) is 16.7. The van der Waals surface area contributed by atoms with Crippen LogP contribution in [-0.2, 0) is 14.3 Å². The second-order valence-electron chi connectivity index (χ2n) is 5.67. The first-order valence-electron chi connectivity index (χ1n) is 7.86. The van der Waals surface area contributed by atoms with Gasteiger partial charge in [-0.15, -0.1) is 0 Å². The molecule has 28 heavy (non-hydrogen) atoms. The molecule has 142 valence electrons. The van der Waals surface area contributed by atoms with E-state index in [1.165, 1.54) is 37.5 Å². The molecule has 6 nitrogen and oxygen atoms in total. The number of carbonyl (C=O) groups is 3. The van der Waals surface area contributed by atoms with Crippen molar-refractivity contribution in [2.75, 3.05) is 12.0 Å². The van der Waals surface area contributed by atoms with Crippen LogP contribution in [-0.4, -0.2) is 30.0 Å². The number of ether oxygens (including phenoxy) is 1. The topological polar surface area (TPSA) is 75.7 Å². The molecule has 2 amide bonds. The van der Waals surface area contributed by atoms with Crippen LogP contribution in [0.1, 0.15) is 15.9 Å². The molecule has 0 bridgehead atoms. The van der Waals surface area contributed by atoms with Crippen LogP contribution < -0.4 is 10.2 Å². The molecular weight excluding hydrogens is 423 g/mol. The third-order valence-electron chi connectivity index (χ3n) is 3.90. The number of hydrogen-bond donors (Lipinski definition) is 1. The molecule has 0 radical (unpaired) electrons. The smallest absolute Gasteiger partial charge is 0.337 e. The highest BCUT2D eigenvalue weighted by Gasteiger charge is 2.35. The average Bonchev–Trinajstić information content (AvgIpc) is 2.66. The third kappa shape index (κ3) is 3.91. The van der Waals surface area contributed by atoms with Crippen LogP contribution in [0.5, 0.6) is 0 Å². The molecule has 1 heterocycles. The van der Waals surface area contributed by atoms with E-state index in [0.29, 0.717) is 21.8 Å². The molecule has 2 aromatic rings. The number of halogens is 2. The van der Waals surface area contributed by atoms with Gasteiger partial charge in [0.1, 0.15) is 5.57 Å². The van der Waals surface area contributed by atoms with E-state index in [1.54, 1.807) is 18.2 Å². The van der Waals surface area contributed by atoms with E-state index >= 15 is 0 Å². The van der Waals surface area contributed by atoms with Gasteiger partial charge in [0.2, 0.25) is 0 Å². The zero-order valence-electron chi connectivity index (χ0n) is 14.4. The monoisotopic (exact) mass is 434 g/mol. The van der Waals surface area contributed by atoms with Gasteiger partial charge in [-0.2, -0.15) is 0 Å². The molecule has 0 saturated carbocycles. The van der Waals surface area contributed by atoms with Gasteiger partial charge in [0.25, 0.3) is 11.8 Å². The number of amides is 2. The number of rotatable bonds is 3. The Morgan fingerprint density at radius 2 is 1.82 bits per heavy atom. The van der Waals surface area contributed by atoms with Crippen LogP contribution in [0.4, 0.5) is 5.69 Å². The van der Waals surface area contributed by atoms with Crippen molar-refractivity contribution in [3.05, 3.63) is 69.2 Å². The van der Waals surface area contributed by atoms with E-state index in [4.69, 9.17) is 35.4 Å². The van der Waals surface area contributed by atoms with Gasteiger partial charge >= 0.3 is 5.97 Å². The third-order valence-corrected chi connectivity index (χ3v) is 4.72. The lowest BCUT2D eigenvalue weighted by Gasteiger charge is -2.29. The minimum absolute atomic E-state index is 0.0857.